The van der Waals surface area contributed by atoms with Gasteiger partial charge in [-0.15, -0.1) is 0 Å². The summed E-state index contributed by atoms with van der Waals surface area (Å²) in [5.74, 6) is 0.0323. The second kappa shape index (κ2) is 2.96. The Balaban J connectivity index is 2.09. The number of hydrogen-bond acceptors (Lipinski definition) is 3. The Morgan fingerprint density at radius 1 is 1.62 bits per heavy atom. The van der Waals surface area contributed by atoms with E-state index in [2.05, 4.69) is 10.3 Å². The molecule has 1 aromatic rings. The van der Waals surface area contributed by atoms with Gasteiger partial charge < -0.3 is 10.1 Å². The lowest BCUT2D eigenvalue weighted by atomic mass is 10.0. The van der Waals surface area contributed by atoms with E-state index in [1.807, 2.05) is 6.92 Å². The summed E-state index contributed by atoms with van der Waals surface area (Å²) < 4.78 is 18.2. The van der Waals surface area contributed by atoms with Crippen molar-refractivity contribution in [2.75, 3.05) is 13.1 Å². The fraction of sp³-hybridized carbons (Fsp3) is 0.444. The molecule has 70 valence electrons. The number of nitrogens with zero attached hydrogens (tertiary/aromatic N) is 1. The molecule has 1 N–H and O–H groups in total. The van der Waals surface area contributed by atoms with Crippen molar-refractivity contribution >= 4 is 0 Å². The molecule has 13 heavy (non-hydrogen) atoms. The van der Waals surface area contributed by atoms with Gasteiger partial charge in [-0.1, -0.05) is 0 Å². The molecule has 0 spiro atoms. The predicted octanol–water partition coefficient (Wildman–Crippen LogP) is 0.961. The van der Waals surface area contributed by atoms with Gasteiger partial charge in [0, 0.05) is 25.4 Å². The lowest BCUT2D eigenvalue weighted by Crippen LogP contribution is -2.61. The summed E-state index contributed by atoms with van der Waals surface area (Å²) >= 11 is 0. The van der Waals surface area contributed by atoms with E-state index in [0.717, 1.165) is 13.1 Å². The van der Waals surface area contributed by atoms with Gasteiger partial charge >= 0.3 is 0 Å². The van der Waals surface area contributed by atoms with Gasteiger partial charge in [0.1, 0.15) is 11.4 Å². The maximum absolute atomic E-state index is 12.7. The Morgan fingerprint density at radius 3 is 2.92 bits per heavy atom. The molecule has 4 heteroatoms. The first kappa shape index (κ1) is 8.44. The molecule has 0 saturated carbocycles. The lowest BCUT2D eigenvalue weighted by Gasteiger charge is -2.38. The van der Waals surface area contributed by atoms with Gasteiger partial charge in [0.25, 0.3) is 0 Å². The summed E-state index contributed by atoms with van der Waals surface area (Å²) in [6.07, 6.45) is 1.40. The van der Waals surface area contributed by atoms with E-state index in [-0.39, 0.29) is 11.4 Å². The Labute approximate surface area is 75.9 Å². The molecule has 3 nitrogen and oxygen atoms in total. The molecule has 0 bridgehead atoms. The van der Waals surface area contributed by atoms with Gasteiger partial charge in [0.15, 0.2) is 0 Å². The highest BCUT2D eigenvalue weighted by Gasteiger charge is 2.34. The Hall–Kier alpha value is -1.16. The molecule has 2 heterocycles. The van der Waals surface area contributed by atoms with E-state index in [1.54, 1.807) is 0 Å². The normalized spacial score (nSPS) is 19.2. The third-order valence-electron chi connectivity index (χ3n) is 2.05. The molecule has 0 amide bonds. The van der Waals surface area contributed by atoms with Crippen LogP contribution in [0, 0.1) is 5.82 Å². The van der Waals surface area contributed by atoms with E-state index in [4.69, 9.17) is 4.74 Å². The van der Waals surface area contributed by atoms with Crippen LogP contribution in [0.4, 0.5) is 4.39 Å². The highest BCUT2D eigenvalue weighted by Crippen LogP contribution is 2.19. The lowest BCUT2D eigenvalue weighted by molar-refractivity contribution is 0.0302. The summed E-state index contributed by atoms with van der Waals surface area (Å²) in [7, 11) is 0. The Morgan fingerprint density at radius 2 is 2.38 bits per heavy atom. The SMILES string of the molecule is CC1(Oc2cc(F)ccn2)CNC1. The predicted molar refractivity (Wildman–Crippen MR) is 46.1 cm³/mol. The van der Waals surface area contributed by atoms with Crippen LogP contribution in [0.3, 0.4) is 0 Å². The Kier molecular flexibility index (Phi) is 1.92. The third kappa shape index (κ3) is 1.78. The topological polar surface area (TPSA) is 34.1 Å². The minimum absolute atomic E-state index is 0.221. The third-order valence-corrected chi connectivity index (χ3v) is 2.05. The van der Waals surface area contributed by atoms with Crippen molar-refractivity contribution in [2.24, 2.45) is 0 Å². The standard InChI is InChI=1S/C9H11FN2O/c1-9(5-11-6-9)13-8-4-7(10)2-3-12-8/h2-4,11H,5-6H2,1H3. The van der Waals surface area contributed by atoms with Crippen molar-refractivity contribution in [1.82, 2.24) is 10.3 Å². The number of aromatic nitrogens is 1. The first-order valence-electron chi connectivity index (χ1n) is 4.19. The average molecular weight is 182 g/mol. The number of halogens is 1. The molecule has 0 aliphatic carbocycles. The van der Waals surface area contributed by atoms with Crippen LogP contribution in [0.25, 0.3) is 0 Å². The van der Waals surface area contributed by atoms with Crippen LogP contribution in [0.2, 0.25) is 0 Å². The van der Waals surface area contributed by atoms with Crippen molar-refractivity contribution < 1.29 is 9.13 Å². The molecule has 0 aromatic carbocycles. The van der Waals surface area contributed by atoms with Crippen LogP contribution < -0.4 is 10.1 Å². The minimum atomic E-state index is -0.319. The van der Waals surface area contributed by atoms with Crippen molar-refractivity contribution in [3.63, 3.8) is 0 Å². The Bertz CT molecular complexity index is 312. The van der Waals surface area contributed by atoms with Crippen LogP contribution in [0.1, 0.15) is 6.92 Å². The summed E-state index contributed by atoms with van der Waals surface area (Å²) in [6.45, 7) is 3.53. The molecular weight excluding hydrogens is 171 g/mol. The number of nitrogens with one attached hydrogen (secondary N) is 1. The number of hydrogen-bond donors (Lipinski definition) is 1. The van der Waals surface area contributed by atoms with E-state index >= 15 is 0 Å². The fourth-order valence-corrected chi connectivity index (χ4v) is 1.24. The maximum Gasteiger partial charge on any atom is 0.216 e. The number of rotatable bonds is 2. The number of ether oxygens (including phenoxy) is 1. The van der Waals surface area contributed by atoms with E-state index in [1.165, 1.54) is 18.3 Å². The molecule has 1 aromatic heterocycles. The molecule has 0 radical (unpaired) electrons. The van der Waals surface area contributed by atoms with E-state index in [9.17, 15) is 4.39 Å². The first-order valence-corrected chi connectivity index (χ1v) is 4.19. The molecule has 1 aliphatic heterocycles. The van der Waals surface area contributed by atoms with Crippen LogP contribution >= 0.6 is 0 Å². The summed E-state index contributed by atoms with van der Waals surface area (Å²) in [4.78, 5) is 3.92. The van der Waals surface area contributed by atoms with Crippen LogP contribution in [-0.2, 0) is 0 Å². The van der Waals surface area contributed by atoms with Crippen molar-refractivity contribution in [2.45, 2.75) is 12.5 Å². The molecule has 1 saturated heterocycles. The molecule has 1 aliphatic rings. The largest absolute Gasteiger partial charge is 0.469 e. The maximum atomic E-state index is 12.7. The quantitative estimate of drug-likeness (QED) is 0.739. The van der Waals surface area contributed by atoms with Crippen molar-refractivity contribution in [3.05, 3.63) is 24.1 Å². The fourth-order valence-electron chi connectivity index (χ4n) is 1.24. The van der Waals surface area contributed by atoms with Gasteiger partial charge in [-0.05, 0) is 13.0 Å². The zero-order valence-corrected chi connectivity index (χ0v) is 7.38. The number of pyridine rings is 1. The zero-order chi connectivity index (χ0) is 9.31. The monoisotopic (exact) mass is 182 g/mol. The van der Waals surface area contributed by atoms with Gasteiger partial charge in [0.2, 0.25) is 5.88 Å². The molecule has 2 rings (SSSR count). The van der Waals surface area contributed by atoms with Crippen LogP contribution in [0.5, 0.6) is 5.88 Å². The second-order valence-electron chi connectivity index (χ2n) is 3.47. The van der Waals surface area contributed by atoms with E-state index in [0.29, 0.717) is 5.88 Å². The summed E-state index contributed by atoms with van der Waals surface area (Å²) in [5.41, 5.74) is -0.221. The first-order chi connectivity index (χ1) is 6.18. The zero-order valence-electron chi connectivity index (χ0n) is 7.38. The van der Waals surface area contributed by atoms with Gasteiger partial charge in [-0.25, -0.2) is 9.37 Å². The molecule has 1 fully saturated rings. The highest BCUT2D eigenvalue weighted by molar-refractivity contribution is 5.14. The summed E-state index contributed by atoms with van der Waals surface area (Å²) in [6, 6.07) is 2.60. The van der Waals surface area contributed by atoms with Gasteiger partial charge in [0.05, 0.1) is 0 Å². The van der Waals surface area contributed by atoms with Gasteiger partial charge in [-0.2, -0.15) is 0 Å². The smallest absolute Gasteiger partial charge is 0.216 e. The van der Waals surface area contributed by atoms with Gasteiger partial charge in [-0.3, -0.25) is 0 Å². The van der Waals surface area contributed by atoms with Crippen LogP contribution in [-0.4, -0.2) is 23.7 Å². The second-order valence-corrected chi connectivity index (χ2v) is 3.47. The van der Waals surface area contributed by atoms with Crippen molar-refractivity contribution in [3.8, 4) is 5.88 Å². The minimum Gasteiger partial charge on any atom is -0.469 e. The average Bonchev–Trinajstić information content (AvgIpc) is 2.01. The molecule has 0 atom stereocenters. The highest BCUT2D eigenvalue weighted by atomic mass is 19.1. The molecule has 0 unspecified atom stereocenters. The van der Waals surface area contributed by atoms with Crippen LogP contribution in [0.15, 0.2) is 18.3 Å². The summed E-state index contributed by atoms with van der Waals surface area (Å²) in [5, 5.41) is 3.09. The molecular formula is C9H11FN2O. The van der Waals surface area contributed by atoms with E-state index < -0.39 is 0 Å². The van der Waals surface area contributed by atoms with Crippen molar-refractivity contribution in [1.29, 1.82) is 0 Å².